The number of para-hydroxylation sites is 1. The molecule has 0 spiro atoms. The van der Waals surface area contributed by atoms with Crippen molar-refractivity contribution in [2.75, 3.05) is 13.7 Å². The van der Waals surface area contributed by atoms with Gasteiger partial charge in [0.1, 0.15) is 5.75 Å². The maximum Gasteiger partial charge on any atom is 0.330 e. The summed E-state index contributed by atoms with van der Waals surface area (Å²) >= 11 is 0. The van der Waals surface area contributed by atoms with Crippen molar-refractivity contribution in [1.82, 2.24) is 4.98 Å². The highest BCUT2D eigenvalue weighted by molar-refractivity contribution is 5.89. The second-order valence-electron chi connectivity index (χ2n) is 4.22. The Bertz CT molecular complexity index is 650. The van der Waals surface area contributed by atoms with E-state index >= 15 is 0 Å². The van der Waals surface area contributed by atoms with Gasteiger partial charge in [-0.3, -0.25) is 4.98 Å². The van der Waals surface area contributed by atoms with Gasteiger partial charge in [-0.1, -0.05) is 24.3 Å². The molecule has 1 aromatic heterocycles. The summed E-state index contributed by atoms with van der Waals surface area (Å²) in [5.74, 6) is 0.380. The molecule has 0 bridgehead atoms. The minimum Gasteiger partial charge on any atom is -0.496 e. The fourth-order valence-electron chi connectivity index (χ4n) is 1.98. The van der Waals surface area contributed by atoms with Crippen LogP contribution in [-0.4, -0.2) is 24.7 Å². The Morgan fingerprint density at radius 3 is 2.71 bits per heavy atom. The summed E-state index contributed by atoms with van der Waals surface area (Å²) in [4.78, 5) is 15.7. The van der Waals surface area contributed by atoms with Crippen LogP contribution in [0.25, 0.3) is 17.2 Å². The molecule has 0 aliphatic rings. The summed E-state index contributed by atoms with van der Waals surface area (Å²) in [6.07, 6.45) is 4.72. The molecule has 1 heterocycles. The van der Waals surface area contributed by atoms with Crippen molar-refractivity contribution in [3.63, 3.8) is 0 Å². The molecule has 0 amide bonds. The van der Waals surface area contributed by atoms with E-state index in [2.05, 4.69) is 4.98 Å². The smallest absolute Gasteiger partial charge is 0.330 e. The van der Waals surface area contributed by atoms with Gasteiger partial charge in [-0.05, 0) is 25.1 Å². The largest absolute Gasteiger partial charge is 0.496 e. The van der Waals surface area contributed by atoms with Crippen LogP contribution in [0.2, 0.25) is 0 Å². The predicted molar refractivity (Wildman–Crippen MR) is 81.9 cm³/mol. The molecule has 0 aliphatic heterocycles. The Morgan fingerprint density at radius 2 is 1.95 bits per heavy atom. The van der Waals surface area contributed by atoms with E-state index in [9.17, 15) is 4.79 Å². The molecule has 108 valence electrons. The number of hydrogen-bond acceptors (Lipinski definition) is 4. The number of pyridine rings is 1. The second-order valence-corrected chi connectivity index (χ2v) is 4.22. The van der Waals surface area contributed by atoms with Gasteiger partial charge in [0.05, 0.1) is 19.4 Å². The number of methoxy groups -OCH3 is 1. The molecule has 4 nitrogen and oxygen atoms in total. The average Bonchev–Trinajstić information content (AvgIpc) is 2.53. The number of carbonyl (C=O) groups is 1. The van der Waals surface area contributed by atoms with Crippen molar-refractivity contribution in [2.24, 2.45) is 0 Å². The van der Waals surface area contributed by atoms with Gasteiger partial charge in [0.25, 0.3) is 0 Å². The van der Waals surface area contributed by atoms with Crippen LogP contribution in [0, 0.1) is 0 Å². The third-order valence-corrected chi connectivity index (χ3v) is 2.90. The van der Waals surface area contributed by atoms with Crippen LogP contribution >= 0.6 is 0 Å². The number of hydrogen-bond donors (Lipinski definition) is 0. The molecule has 0 N–H and O–H groups in total. The lowest BCUT2D eigenvalue weighted by Gasteiger charge is -2.10. The standard InChI is InChI=1S/C17H17NO3/c1-3-21-17(19)11-10-15-13(8-6-12-18-15)14-7-4-5-9-16(14)20-2/h4-12H,3H2,1-2H3/b11-10+. The summed E-state index contributed by atoms with van der Waals surface area (Å²) in [5, 5.41) is 0. The molecule has 2 aromatic rings. The third kappa shape index (κ3) is 3.69. The Labute approximate surface area is 124 Å². The lowest BCUT2D eigenvalue weighted by Crippen LogP contribution is -1.99. The number of benzene rings is 1. The van der Waals surface area contributed by atoms with Gasteiger partial charge >= 0.3 is 5.97 Å². The molecule has 1 aromatic carbocycles. The van der Waals surface area contributed by atoms with Gasteiger partial charge in [-0.2, -0.15) is 0 Å². The van der Waals surface area contributed by atoms with E-state index in [1.807, 2.05) is 36.4 Å². The summed E-state index contributed by atoms with van der Waals surface area (Å²) in [6.45, 7) is 2.12. The molecule has 0 aliphatic carbocycles. The van der Waals surface area contributed by atoms with Crippen LogP contribution in [0.5, 0.6) is 5.75 Å². The number of esters is 1. The highest BCUT2D eigenvalue weighted by Gasteiger charge is 2.09. The van der Waals surface area contributed by atoms with Crippen molar-refractivity contribution in [3.05, 3.63) is 54.4 Å². The Morgan fingerprint density at radius 1 is 1.19 bits per heavy atom. The maximum atomic E-state index is 11.4. The van der Waals surface area contributed by atoms with E-state index < -0.39 is 0 Å². The Hall–Kier alpha value is -2.62. The summed E-state index contributed by atoms with van der Waals surface area (Å²) < 4.78 is 10.3. The molecule has 0 radical (unpaired) electrons. The first kappa shape index (κ1) is 14.8. The molecule has 4 heteroatoms. The van der Waals surface area contributed by atoms with Gasteiger partial charge in [0, 0.05) is 23.4 Å². The topological polar surface area (TPSA) is 48.4 Å². The molecule has 21 heavy (non-hydrogen) atoms. The fourth-order valence-corrected chi connectivity index (χ4v) is 1.98. The van der Waals surface area contributed by atoms with Crippen LogP contribution in [0.3, 0.4) is 0 Å². The number of rotatable bonds is 5. The van der Waals surface area contributed by atoms with Gasteiger partial charge in [0.15, 0.2) is 0 Å². The van der Waals surface area contributed by atoms with Crippen LogP contribution in [0.1, 0.15) is 12.6 Å². The molecule has 2 rings (SSSR count). The lowest BCUT2D eigenvalue weighted by molar-refractivity contribution is -0.137. The van der Waals surface area contributed by atoms with Crippen molar-refractivity contribution < 1.29 is 14.3 Å². The molecular weight excluding hydrogens is 266 g/mol. The summed E-state index contributed by atoms with van der Waals surface area (Å²) in [7, 11) is 1.63. The monoisotopic (exact) mass is 283 g/mol. The lowest BCUT2D eigenvalue weighted by atomic mass is 10.0. The molecular formula is C17H17NO3. The number of aromatic nitrogens is 1. The number of ether oxygens (including phenoxy) is 2. The molecule has 0 unspecified atom stereocenters. The van der Waals surface area contributed by atoms with Gasteiger partial charge in [-0.15, -0.1) is 0 Å². The third-order valence-electron chi connectivity index (χ3n) is 2.90. The van der Waals surface area contributed by atoms with E-state index in [4.69, 9.17) is 9.47 Å². The fraction of sp³-hybridized carbons (Fsp3) is 0.176. The van der Waals surface area contributed by atoms with Crippen LogP contribution in [0.4, 0.5) is 0 Å². The average molecular weight is 283 g/mol. The quantitative estimate of drug-likeness (QED) is 0.624. The zero-order valence-corrected chi connectivity index (χ0v) is 12.1. The predicted octanol–water partition coefficient (Wildman–Crippen LogP) is 3.33. The first-order valence-corrected chi connectivity index (χ1v) is 6.69. The van der Waals surface area contributed by atoms with E-state index in [1.54, 1.807) is 26.3 Å². The number of carbonyl (C=O) groups excluding carboxylic acids is 1. The normalized spacial score (nSPS) is 10.6. The summed E-state index contributed by atoms with van der Waals surface area (Å²) in [5.41, 5.74) is 2.52. The number of nitrogens with zero attached hydrogens (tertiary/aromatic N) is 1. The maximum absolute atomic E-state index is 11.4. The van der Waals surface area contributed by atoms with Gasteiger partial charge in [0.2, 0.25) is 0 Å². The molecule has 0 saturated carbocycles. The van der Waals surface area contributed by atoms with Crippen molar-refractivity contribution in [2.45, 2.75) is 6.92 Å². The van der Waals surface area contributed by atoms with Gasteiger partial charge < -0.3 is 9.47 Å². The Kier molecular flexibility index (Phi) is 5.10. The molecule has 0 fully saturated rings. The van der Waals surface area contributed by atoms with Gasteiger partial charge in [-0.25, -0.2) is 4.79 Å². The SMILES string of the molecule is CCOC(=O)/C=C/c1ncccc1-c1ccccc1OC. The highest BCUT2D eigenvalue weighted by Crippen LogP contribution is 2.31. The Balaban J connectivity index is 2.39. The van der Waals surface area contributed by atoms with Crippen LogP contribution in [0.15, 0.2) is 48.7 Å². The minimum absolute atomic E-state index is 0.352. The van der Waals surface area contributed by atoms with E-state index in [-0.39, 0.29) is 5.97 Å². The van der Waals surface area contributed by atoms with Crippen molar-refractivity contribution >= 4 is 12.0 Å². The minimum atomic E-state index is -0.380. The van der Waals surface area contributed by atoms with Crippen molar-refractivity contribution in [1.29, 1.82) is 0 Å². The summed E-state index contributed by atoms with van der Waals surface area (Å²) in [6, 6.07) is 11.5. The highest BCUT2D eigenvalue weighted by atomic mass is 16.5. The molecule has 0 atom stereocenters. The zero-order chi connectivity index (χ0) is 15.1. The first-order chi connectivity index (χ1) is 10.3. The van der Waals surface area contributed by atoms with Crippen molar-refractivity contribution in [3.8, 4) is 16.9 Å². The zero-order valence-electron chi connectivity index (χ0n) is 12.1. The van der Waals surface area contributed by atoms with E-state index in [0.717, 1.165) is 16.9 Å². The van der Waals surface area contributed by atoms with Crippen LogP contribution < -0.4 is 4.74 Å². The van der Waals surface area contributed by atoms with E-state index in [1.165, 1.54) is 6.08 Å². The molecule has 0 saturated heterocycles. The van der Waals surface area contributed by atoms with Crippen LogP contribution in [-0.2, 0) is 9.53 Å². The first-order valence-electron chi connectivity index (χ1n) is 6.69. The van der Waals surface area contributed by atoms with E-state index in [0.29, 0.717) is 12.3 Å². The second kappa shape index (κ2) is 7.24.